The lowest BCUT2D eigenvalue weighted by Crippen LogP contribution is -2.30. The summed E-state index contributed by atoms with van der Waals surface area (Å²) < 4.78 is 2.06. The van der Waals surface area contributed by atoms with Gasteiger partial charge in [0.25, 0.3) is 0 Å². The summed E-state index contributed by atoms with van der Waals surface area (Å²) in [6.45, 7) is 4.72. The molecular formula is C24H27N7O2S. The molecule has 1 amide bonds. The molecule has 9 nitrogen and oxygen atoms in total. The smallest absolute Gasteiger partial charge is 0.323 e. The SMILES string of the molecule is C[C@H](Sc1nnc(CN2CCCCC2)n1-c1ccccc1)C(=O)Nc1ccc2[nH]c(=O)[nH]c2c1. The summed E-state index contributed by atoms with van der Waals surface area (Å²) in [5.74, 6) is 0.729. The van der Waals surface area contributed by atoms with Gasteiger partial charge in [0.2, 0.25) is 5.91 Å². The Balaban J connectivity index is 1.34. The Kier molecular flexibility index (Phi) is 6.50. The topological polar surface area (TPSA) is 112 Å². The van der Waals surface area contributed by atoms with Gasteiger partial charge in [-0.25, -0.2) is 4.79 Å². The minimum atomic E-state index is -0.407. The Morgan fingerprint density at radius 3 is 2.62 bits per heavy atom. The van der Waals surface area contributed by atoms with Gasteiger partial charge in [0.1, 0.15) is 0 Å². The van der Waals surface area contributed by atoms with Crippen molar-refractivity contribution in [2.75, 3.05) is 18.4 Å². The Bertz CT molecular complexity index is 1340. The minimum absolute atomic E-state index is 0.151. The molecule has 34 heavy (non-hydrogen) atoms. The number of H-pyrrole nitrogens is 2. The van der Waals surface area contributed by atoms with Crippen LogP contribution in [0.4, 0.5) is 5.69 Å². The first-order chi connectivity index (χ1) is 16.6. The second-order valence-corrected chi connectivity index (χ2v) is 9.80. The summed E-state index contributed by atoms with van der Waals surface area (Å²) in [7, 11) is 0. The summed E-state index contributed by atoms with van der Waals surface area (Å²) in [6.07, 6.45) is 3.70. The van der Waals surface area contributed by atoms with Crippen LogP contribution in [0.25, 0.3) is 16.7 Å². The number of hydrogen-bond donors (Lipinski definition) is 3. The van der Waals surface area contributed by atoms with Crippen LogP contribution in [0.1, 0.15) is 32.0 Å². The van der Waals surface area contributed by atoms with E-state index < -0.39 is 5.25 Å². The monoisotopic (exact) mass is 477 g/mol. The number of carbonyl (C=O) groups excluding carboxylic acids is 1. The maximum absolute atomic E-state index is 13.0. The number of aromatic amines is 2. The van der Waals surface area contributed by atoms with E-state index in [1.54, 1.807) is 18.2 Å². The van der Waals surface area contributed by atoms with E-state index in [-0.39, 0.29) is 11.6 Å². The van der Waals surface area contributed by atoms with Crippen molar-refractivity contribution in [2.45, 2.75) is 43.1 Å². The number of piperidine rings is 1. The van der Waals surface area contributed by atoms with Gasteiger partial charge in [0.15, 0.2) is 11.0 Å². The Hall–Kier alpha value is -3.37. The number of hydrogen-bond acceptors (Lipinski definition) is 6. The second kappa shape index (κ2) is 9.86. The molecule has 0 unspecified atom stereocenters. The molecule has 1 aliphatic rings. The molecule has 0 saturated carbocycles. The number of benzene rings is 2. The van der Waals surface area contributed by atoms with Crippen molar-refractivity contribution in [3.8, 4) is 5.69 Å². The number of nitrogens with one attached hydrogen (secondary N) is 3. The van der Waals surface area contributed by atoms with Gasteiger partial charge in [-0.05, 0) is 63.2 Å². The van der Waals surface area contributed by atoms with Crippen molar-refractivity contribution in [3.63, 3.8) is 0 Å². The average Bonchev–Trinajstić information content (AvgIpc) is 3.41. The number of anilines is 1. The van der Waals surface area contributed by atoms with Crippen LogP contribution < -0.4 is 11.0 Å². The van der Waals surface area contributed by atoms with Crippen LogP contribution >= 0.6 is 11.8 Å². The summed E-state index contributed by atoms with van der Waals surface area (Å²) >= 11 is 1.38. The number of aromatic nitrogens is 5. The van der Waals surface area contributed by atoms with E-state index in [1.165, 1.54) is 31.0 Å². The highest BCUT2D eigenvalue weighted by Gasteiger charge is 2.23. The number of amides is 1. The highest BCUT2D eigenvalue weighted by Crippen LogP contribution is 2.27. The third-order valence-electron chi connectivity index (χ3n) is 5.96. The third-order valence-corrected chi connectivity index (χ3v) is 7.01. The van der Waals surface area contributed by atoms with E-state index in [1.807, 2.05) is 37.3 Å². The number of nitrogens with zero attached hydrogens (tertiary/aromatic N) is 4. The van der Waals surface area contributed by atoms with Gasteiger partial charge >= 0.3 is 5.69 Å². The second-order valence-electron chi connectivity index (χ2n) is 8.50. The normalized spacial score (nSPS) is 15.4. The van der Waals surface area contributed by atoms with Crippen molar-refractivity contribution < 1.29 is 4.79 Å². The number of likely N-dealkylation sites (tertiary alicyclic amines) is 1. The fourth-order valence-corrected chi connectivity index (χ4v) is 5.09. The van der Waals surface area contributed by atoms with E-state index in [4.69, 9.17) is 0 Å². The zero-order valence-electron chi connectivity index (χ0n) is 19.0. The fourth-order valence-electron chi connectivity index (χ4n) is 4.20. The molecule has 0 radical (unpaired) electrons. The van der Waals surface area contributed by atoms with Gasteiger partial charge in [-0.3, -0.25) is 14.3 Å². The average molecular weight is 478 g/mol. The lowest BCUT2D eigenvalue weighted by atomic mass is 10.1. The molecule has 10 heteroatoms. The van der Waals surface area contributed by atoms with E-state index in [0.29, 0.717) is 21.9 Å². The molecule has 0 bridgehead atoms. The fraction of sp³-hybridized carbons (Fsp3) is 0.333. The molecule has 2 aromatic carbocycles. The molecule has 0 aliphatic carbocycles. The highest BCUT2D eigenvalue weighted by molar-refractivity contribution is 8.00. The highest BCUT2D eigenvalue weighted by atomic mass is 32.2. The third kappa shape index (κ3) is 4.92. The van der Waals surface area contributed by atoms with Gasteiger partial charge < -0.3 is 15.3 Å². The number of thioether (sulfide) groups is 1. The summed E-state index contributed by atoms with van der Waals surface area (Å²) in [5, 5.41) is 12.2. The van der Waals surface area contributed by atoms with E-state index in [9.17, 15) is 9.59 Å². The van der Waals surface area contributed by atoms with Crippen LogP contribution in [-0.4, -0.2) is 53.9 Å². The van der Waals surface area contributed by atoms with Gasteiger partial charge in [-0.1, -0.05) is 36.4 Å². The van der Waals surface area contributed by atoms with Crippen LogP contribution in [0.15, 0.2) is 58.5 Å². The molecule has 1 fully saturated rings. The van der Waals surface area contributed by atoms with Crippen LogP contribution in [0.2, 0.25) is 0 Å². The van der Waals surface area contributed by atoms with Crippen molar-refractivity contribution in [2.24, 2.45) is 0 Å². The van der Waals surface area contributed by atoms with Crippen molar-refractivity contribution in [3.05, 3.63) is 64.8 Å². The Labute approximate surface area is 201 Å². The van der Waals surface area contributed by atoms with Gasteiger partial charge in [0, 0.05) is 11.4 Å². The zero-order chi connectivity index (χ0) is 23.5. The molecular weight excluding hydrogens is 450 g/mol. The minimum Gasteiger partial charge on any atom is -0.325 e. The van der Waals surface area contributed by atoms with E-state index in [2.05, 4.69) is 34.9 Å². The van der Waals surface area contributed by atoms with Crippen LogP contribution in [0.3, 0.4) is 0 Å². The molecule has 1 atom stereocenters. The predicted octanol–water partition coefficient (Wildman–Crippen LogP) is 3.54. The molecule has 2 aromatic heterocycles. The number of imidazole rings is 1. The van der Waals surface area contributed by atoms with Crippen LogP contribution in [0, 0.1) is 0 Å². The number of para-hydroxylation sites is 1. The summed E-state index contributed by atoms with van der Waals surface area (Å²) in [6, 6.07) is 15.3. The van der Waals surface area contributed by atoms with Gasteiger partial charge in [0.05, 0.1) is 22.8 Å². The number of carbonyl (C=O) groups is 1. The molecule has 4 aromatic rings. The first-order valence-electron chi connectivity index (χ1n) is 11.5. The first-order valence-corrected chi connectivity index (χ1v) is 12.4. The molecule has 176 valence electrons. The quantitative estimate of drug-likeness (QED) is 0.351. The number of rotatable bonds is 7. The molecule has 3 heterocycles. The molecule has 3 N–H and O–H groups in total. The maximum atomic E-state index is 13.0. The zero-order valence-corrected chi connectivity index (χ0v) is 19.8. The van der Waals surface area contributed by atoms with Gasteiger partial charge in [-0.2, -0.15) is 0 Å². The largest absolute Gasteiger partial charge is 0.325 e. The summed E-state index contributed by atoms with van der Waals surface area (Å²) in [4.78, 5) is 32.3. The Morgan fingerprint density at radius 2 is 1.82 bits per heavy atom. The molecule has 0 spiro atoms. The van der Waals surface area contributed by atoms with Crippen LogP contribution in [0.5, 0.6) is 0 Å². The number of fused-ring (bicyclic) bond motifs is 1. The lowest BCUT2D eigenvalue weighted by molar-refractivity contribution is -0.115. The van der Waals surface area contributed by atoms with Crippen LogP contribution in [-0.2, 0) is 11.3 Å². The summed E-state index contributed by atoms with van der Waals surface area (Å²) in [5.41, 5.74) is 2.67. The molecule has 1 aliphatic heterocycles. The van der Waals surface area contributed by atoms with Crippen molar-refractivity contribution >= 4 is 34.4 Å². The Morgan fingerprint density at radius 1 is 1.06 bits per heavy atom. The van der Waals surface area contributed by atoms with E-state index >= 15 is 0 Å². The van der Waals surface area contributed by atoms with Crippen molar-refractivity contribution in [1.82, 2.24) is 29.6 Å². The van der Waals surface area contributed by atoms with E-state index in [0.717, 1.165) is 31.1 Å². The van der Waals surface area contributed by atoms with Gasteiger partial charge in [-0.15, -0.1) is 10.2 Å². The predicted molar refractivity (Wildman–Crippen MR) is 133 cm³/mol. The van der Waals surface area contributed by atoms with Crippen molar-refractivity contribution in [1.29, 1.82) is 0 Å². The standard InChI is InChI=1S/C24H27N7O2S/c1-16(22(32)25-17-10-11-19-20(14-17)27-23(33)26-19)34-24-29-28-21(15-30-12-6-3-7-13-30)31(24)18-8-4-2-5-9-18/h2,4-5,8-11,14,16H,3,6-7,12-13,15H2,1H3,(H,25,32)(H2,26,27,33)/t16-/m0/s1. The first kappa shape index (κ1) is 22.4. The lowest BCUT2D eigenvalue weighted by Gasteiger charge is -2.26. The molecule has 1 saturated heterocycles. The molecule has 5 rings (SSSR count). The maximum Gasteiger partial charge on any atom is 0.323 e.